The largest absolute Gasteiger partial charge is 0.448 e. The topological polar surface area (TPSA) is 55.3 Å². The van der Waals surface area contributed by atoms with Crippen molar-refractivity contribution in [3.05, 3.63) is 22.7 Å². The van der Waals surface area contributed by atoms with Crippen LogP contribution in [0.4, 0.5) is 4.79 Å². The zero-order valence-electron chi connectivity index (χ0n) is 8.02. The SMILES string of the molecule is O=C1OCCN1CCc1nccc(Br)n1. The highest BCUT2D eigenvalue weighted by atomic mass is 79.9. The number of amides is 1. The van der Waals surface area contributed by atoms with Gasteiger partial charge in [-0.2, -0.15) is 0 Å². The van der Waals surface area contributed by atoms with Gasteiger partial charge in [-0.1, -0.05) is 0 Å². The van der Waals surface area contributed by atoms with Gasteiger partial charge in [0.2, 0.25) is 0 Å². The zero-order chi connectivity index (χ0) is 10.7. The average molecular weight is 272 g/mol. The maximum atomic E-state index is 11.1. The molecule has 1 saturated heterocycles. The lowest BCUT2D eigenvalue weighted by atomic mass is 10.3. The molecule has 2 heterocycles. The van der Waals surface area contributed by atoms with E-state index in [1.54, 1.807) is 17.2 Å². The molecule has 5 nitrogen and oxygen atoms in total. The Morgan fingerprint density at radius 1 is 1.60 bits per heavy atom. The number of ether oxygens (including phenoxy) is 1. The zero-order valence-corrected chi connectivity index (χ0v) is 9.61. The fourth-order valence-electron chi connectivity index (χ4n) is 1.36. The van der Waals surface area contributed by atoms with Crippen molar-refractivity contribution in [1.82, 2.24) is 14.9 Å². The second-order valence-electron chi connectivity index (χ2n) is 3.15. The Bertz CT molecular complexity index is 372. The van der Waals surface area contributed by atoms with Crippen LogP contribution in [0.25, 0.3) is 0 Å². The summed E-state index contributed by atoms with van der Waals surface area (Å²) in [6.07, 6.45) is 2.09. The Kier molecular flexibility index (Phi) is 3.15. The van der Waals surface area contributed by atoms with Gasteiger partial charge in [-0.15, -0.1) is 0 Å². The summed E-state index contributed by atoms with van der Waals surface area (Å²) in [6.45, 7) is 1.75. The second-order valence-corrected chi connectivity index (χ2v) is 3.96. The van der Waals surface area contributed by atoms with E-state index in [-0.39, 0.29) is 6.09 Å². The second kappa shape index (κ2) is 4.57. The molecule has 0 saturated carbocycles. The molecule has 2 rings (SSSR count). The van der Waals surface area contributed by atoms with Gasteiger partial charge in [0.25, 0.3) is 0 Å². The van der Waals surface area contributed by atoms with Crippen molar-refractivity contribution in [2.45, 2.75) is 6.42 Å². The molecule has 0 N–H and O–H groups in total. The van der Waals surface area contributed by atoms with E-state index >= 15 is 0 Å². The summed E-state index contributed by atoms with van der Waals surface area (Å²) >= 11 is 3.27. The van der Waals surface area contributed by atoms with Gasteiger partial charge in [0.1, 0.15) is 17.0 Å². The predicted octanol–water partition coefficient (Wildman–Crippen LogP) is 1.23. The number of hydrogen-bond donors (Lipinski definition) is 0. The quantitative estimate of drug-likeness (QED) is 0.777. The van der Waals surface area contributed by atoms with E-state index in [1.165, 1.54) is 0 Å². The molecule has 80 valence electrons. The number of nitrogens with zero attached hydrogens (tertiary/aromatic N) is 3. The van der Waals surface area contributed by atoms with E-state index in [0.29, 0.717) is 26.1 Å². The lowest BCUT2D eigenvalue weighted by molar-refractivity contribution is 0.158. The Balaban J connectivity index is 1.90. The molecule has 6 heteroatoms. The van der Waals surface area contributed by atoms with Crippen molar-refractivity contribution in [3.63, 3.8) is 0 Å². The number of carbonyl (C=O) groups is 1. The van der Waals surface area contributed by atoms with Crippen molar-refractivity contribution in [3.8, 4) is 0 Å². The maximum Gasteiger partial charge on any atom is 0.409 e. The van der Waals surface area contributed by atoms with Crippen LogP contribution < -0.4 is 0 Å². The van der Waals surface area contributed by atoms with E-state index in [2.05, 4.69) is 25.9 Å². The minimum absolute atomic E-state index is 0.245. The van der Waals surface area contributed by atoms with E-state index in [4.69, 9.17) is 4.74 Å². The first-order chi connectivity index (χ1) is 7.25. The van der Waals surface area contributed by atoms with Gasteiger partial charge in [0, 0.05) is 19.2 Å². The lowest BCUT2D eigenvalue weighted by Crippen LogP contribution is -2.27. The summed E-state index contributed by atoms with van der Waals surface area (Å²) in [5.74, 6) is 0.726. The van der Waals surface area contributed by atoms with Crippen molar-refractivity contribution in [1.29, 1.82) is 0 Å². The first kappa shape index (κ1) is 10.4. The van der Waals surface area contributed by atoms with Gasteiger partial charge in [-0.05, 0) is 22.0 Å². The smallest absolute Gasteiger partial charge is 0.409 e. The first-order valence-corrected chi connectivity index (χ1v) is 5.44. The van der Waals surface area contributed by atoms with Crippen molar-refractivity contribution < 1.29 is 9.53 Å². The van der Waals surface area contributed by atoms with Gasteiger partial charge < -0.3 is 9.64 Å². The highest BCUT2D eigenvalue weighted by molar-refractivity contribution is 9.10. The van der Waals surface area contributed by atoms with Crippen LogP contribution >= 0.6 is 15.9 Å². The van der Waals surface area contributed by atoms with Gasteiger partial charge >= 0.3 is 6.09 Å². The molecular weight excluding hydrogens is 262 g/mol. The summed E-state index contributed by atoms with van der Waals surface area (Å²) in [5, 5.41) is 0. The van der Waals surface area contributed by atoms with Crippen molar-refractivity contribution in [2.75, 3.05) is 19.7 Å². The minimum Gasteiger partial charge on any atom is -0.448 e. The molecule has 0 aromatic carbocycles. The average Bonchev–Trinajstić information content (AvgIpc) is 2.61. The summed E-state index contributed by atoms with van der Waals surface area (Å²) in [6, 6.07) is 1.77. The number of aromatic nitrogens is 2. The molecule has 0 aliphatic carbocycles. The lowest BCUT2D eigenvalue weighted by Gasteiger charge is -2.10. The summed E-state index contributed by atoms with van der Waals surface area (Å²) in [5.41, 5.74) is 0. The number of hydrogen-bond acceptors (Lipinski definition) is 4. The highest BCUT2D eigenvalue weighted by Gasteiger charge is 2.21. The standard InChI is InChI=1S/C9H10BrN3O2/c10-7-1-3-11-8(12-7)2-4-13-5-6-15-9(13)14/h1,3H,2,4-6H2. The van der Waals surface area contributed by atoms with Crippen LogP contribution in [-0.4, -0.2) is 40.7 Å². The number of carbonyl (C=O) groups excluding carboxylic acids is 1. The summed E-state index contributed by atoms with van der Waals surface area (Å²) in [7, 11) is 0. The molecule has 1 aliphatic heterocycles. The molecule has 1 aliphatic rings. The minimum atomic E-state index is -0.245. The van der Waals surface area contributed by atoms with Crippen LogP contribution in [0.5, 0.6) is 0 Å². The van der Waals surface area contributed by atoms with E-state index in [9.17, 15) is 4.79 Å². The number of cyclic esters (lactones) is 1. The Morgan fingerprint density at radius 2 is 2.47 bits per heavy atom. The van der Waals surface area contributed by atoms with Crippen LogP contribution in [0, 0.1) is 0 Å². The first-order valence-electron chi connectivity index (χ1n) is 4.65. The monoisotopic (exact) mass is 271 g/mol. The molecule has 1 fully saturated rings. The fraction of sp³-hybridized carbons (Fsp3) is 0.444. The van der Waals surface area contributed by atoms with Crippen molar-refractivity contribution in [2.24, 2.45) is 0 Å². The van der Waals surface area contributed by atoms with E-state index in [1.807, 2.05) is 0 Å². The van der Waals surface area contributed by atoms with E-state index < -0.39 is 0 Å². The molecule has 1 aromatic rings. The van der Waals surface area contributed by atoms with Crippen LogP contribution in [0.2, 0.25) is 0 Å². The predicted molar refractivity (Wildman–Crippen MR) is 56.4 cm³/mol. The van der Waals surface area contributed by atoms with Gasteiger partial charge in [0.15, 0.2) is 0 Å². The molecule has 1 aromatic heterocycles. The Morgan fingerprint density at radius 3 is 3.13 bits per heavy atom. The fourth-order valence-corrected chi connectivity index (χ4v) is 1.68. The van der Waals surface area contributed by atoms with Gasteiger partial charge in [-0.3, -0.25) is 0 Å². The van der Waals surface area contributed by atoms with Gasteiger partial charge in [0.05, 0.1) is 6.54 Å². The summed E-state index contributed by atoms with van der Waals surface area (Å²) in [4.78, 5) is 21.1. The van der Waals surface area contributed by atoms with Crippen LogP contribution in [0.15, 0.2) is 16.9 Å². The number of rotatable bonds is 3. The third-order valence-corrected chi connectivity index (χ3v) is 2.56. The maximum absolute atomic E-state index is 11.1. The van der Waals surface area contributed by atoms with Gasteiger partial charge in [-0.25, -0.2) is 14.8 Å². The van der Waals surface area contributed by atoms with Crippen LogP contribution in [0.3, 0.4) is 0 Å². The molecule has 0 unspecified atom stereocenters. The molecule has 0 radical (unpaired) electrons. The normalized spacial score (nSPS) is 15.5. The van der Waals surface area contributed by atoms with E-state index in [0.717, 1.165) is 10.4 Å². The Hall–Kier alpha value is -1.17. The third-order valence-electron chi connectivity index (χ3n) is 2.12. The molecule has 0 bridgehead atoms. The summed E-state index contributed by atoms with van der Waals surface area (Å²) < 4.78 is 5.58. The molecule has 0 spiro atoms. The molecule has 15 heavy (non-hydrogen) atoms. The Labute approximate surface area is 95.6 Å². The number of halogens is 1. The molecular formula is C9H10BrN3O2. The van der Waals surface area contributed by atoms with Crippen LogP contribution in [0.1, 0.15) is 5.82 Å². The molecule has 0 atom stereocenters. The highest BCUT2D eigenvalue weighted by Crippen LogP contribution is 2.07. The third kappa shape index (κ3) is 2.65. The van der Waals surface area contributed by atoms with Crippen molar-refractivity contribution >= 4 is 22.0 Å². The molecule has 1 amide bonds. The van der Waals surface area contributed by atoms with Crippen LogP contribution in [-0.2, 0) is 11.2 Å².